The zero-order valence-electron chi connectivity index (χ0n) is 9.35. The molecule has 0 saturated heterocycles. The number of hydrogen-bond acceptors (Lipinski definition) is 4. The van der Waals surface area contributed by atoms with E-state index in [1.165, 1.54) is 7.11 Å². The highest BCUT2D eigenvalue weighted by molar-refractivity contribution is 9.09. The fourth-order valence-corrected chi connectivity index (χ4v) is 1.95. The molecular formula is C12H12BrNO3. The van der Waals surface area contributed by atoms with Crippen LogP contribution in [0.25, 0.3) is 0 Å². The van der Waals surface area contributed by atoms with E-state index in [2.05, 4.69) is 25.8 Å². The zero-order valence-corrected chi connectivity index (χ0v) is 10.9. The molecule has 0 bridgehead atoms. The van der Waals surface area contributed by atoms with E-state index in [0.29, 0.717) is 5.56 Å². The first-order valence-electron chi connectivity index (χ1n) is 5.22. The maximum atomic E-state index is 11.3. The van der Waals surface area contributed by atoms with Crippen LogP contribution in [-0.2, 0) is 9.57 Å². The molecule has 1 unspecified atom stereocenters. The number of hydrogen-bond donors (Lipinski definition) is 0. The van der Waals surface area contributed by atoms with Crippen LogP contribution in [-0.4, -0.2) is 30.2 Å². The summed E-state index contributed by atoms with van der Waals surface area (Å²) in [5.41, 5.74) is 2.42. The molecule has 0 radical (unpaired) electrons. The molecule has 0 N–H and O–H groups in total. The summed E-state index contributed by atoms with van der Waals surface area (Å²) in [6.45, 7) is 0. The Morgan fingerprint density at radius 3 is 2.76 bits per heavy atom. The molecule has 0 amide bonds. The van der Waals surface area contributed by atoms with Crippen LogP contribution in [0.1, 0.15) is 22.3 Å². The Kier molecular flexibility index (Phi) is 3.78. The molecule has 1 heterocycles. The molecule has 0 spiro atoms. The summed E-state index contributed by atoms with van der Waals surface area (Å²) in [5, 5.41) is 4.79. The Bertz CT molecular complexity index is 442. The van der Waals surface area contributed by atoms with E-state index < -0.39 is 0 Å². The lowest BCUT2D eigenvalue weighted by atomic mass is 10.0. The molecule has 1 aromatic rings. The lowest BCUT2D eigenvalue weighted by Gasteiger charge is -2.02. The number of methoxy groups -OCH3 is 1. The normalized spacial score (nSPS) is 18.5. The van der Waals surface area contributed by atoms with Gasteiger partial charge in [0.2, 0.25) is 0 Å². The van der Waals surface area contributed by atoms with Gasteiger partial charge in [-0.25, -0.2) is 4.79 Å². The van der Waals surface area contributed by atoms with Gasteiger partial charge in [-0.15, -0.1) is 0 Å². The second-order valence-electron chi connectivity index (χ2n) is 3.69. The van der Waals surface area contributed by atoms with Crippen LogP contribution in [0.4, 0.5) is 0 Å². The molecule has 1 atom stereocenters. The molecule has 1 aliphatic rings. The lowest BCUT2D eigenvalue weighted by Crippen LogP contribution is -2.09. The average Bonchev–Trinajstić information content (AvgIpc) is 2.87. The van der Waals surface area contributed by atoms with Gasteiger partial charge >= 0.3 is 5.97 Å². The van der Waals surface area contributed by atoms with Gasteiger partial charge in [0, 0.05) is 11.8 Å². The van der Waals surface area contributed by atoms with Crippen LogP contribution < -0.4 is 0 Å². The number of nitrogens with zero attached hydrogens (tertiary/aromatic N) is 1. The summed E-state index contributed by atoms with van der Waals surface area (Å²) >= 11 is 3.36. The third-order valence-corrected chi connectivity index (χ3v) is 3.27. The third-order valence-electron chi connectivity index (χ3n) is 2.54. The largest absolute Gasteiger partial charge is 0.465 e. The second-order valence-corrected chi connectivity index (χ2v) is 4.34. The average molecular weight is 298 g/mol. The number of carbonyl (C=O) groups is 1. The minimum atomic E-state index is -0.334. The molecular weight excluding hydrogens is 286 g/mol. The van der Waals surface area contributed by atoms with Crippen molar-refractivity contribution in [2.75, 3.05) is 12.4 Å². The van der Waals surface area contributed by atoms with Crippen LogP contribution in [0, 0.1) is 0 Å². The molecule has 2 rings (SSSR count). The Hall–Kier alpha value is -1.36. The standard InChI is InChI=1S/C12H12BrNO3/c1-16-12(15)9-4-2-8(3-5-9)11-6-10(7-13)17-14-11/h2-5,10H,6-7H2,1H3. The molecule has 5 heteroatoms. The smallest absolute Gasteiger partial charge is 0.337 e. The highest BCUT2D eigenvalue weighted by Gasteiger charge is 2.21. The van der Waals surface area contributed by atoms with Crippen molar-refractivity contribution in [3.8, 4) is 0 Å². The Labute approximate surface area is 108 Å². The van der Waals surface area contributed by atoms with Gasteiger partial charge in [-0.1, -0.05) is 33.2 Å². The summed E-state index contributed by atoms with van der Waals surface area (Å²) in [6, 6.07) is 7.16. The lowest BCUT2D eigenvalue weighted by molar-refractivity contribution is 0.0600. The number of alkyl halides is 1. The molecule has 4 nitrogen and oxygen atoms in total. The van der Waals surface area contributed by atoms with Crippen LogP contribution in [0.5, 0.6) is 0 Å². The van der Waals surface area contributed by atoms with Gasteiger partial charge in [-0.2, -0.15) is 0 Å². The number of oxime groups is 1. The summed E-state index contributed by atoms with van der Waals surface area (Å²) in [6.07, 6.45) is 0.883. The highest BCUT2D eigenvalue weighted by Crippen LogP contribution is 2.18. The number of rotatable bonds is 3. The Morgan fingerprint density at radius 2 is 2.24 bits per heavy atom. The van der Waals surface area contributed by atoms with E-state index in [0.717, 1.165) is 23.0 Å². The minimum Gasteiger partial charge on any atom is -0.465 e. The highest BCUT2D eigenvalue weighted by atomic mass is 79.9. The summed E-state index contributed by atoms with van der Waals surface area (Å²) < 4.78 is 4.64. The van der Waals surface area contributed by atoms with Gasteiger partial charge in [0.1, 0.15) is 6.10 Å². The van der Waals surface area contributed by atoms with Crippen molar-refractivity contribution in [2.45, 2.75) is 12.5 Å². The van der Waals surface area contributed by atoms with Gasteiger partial charge in [0.25, 0.3) is 0 Å². The van der Waals surface area contributed by atoms with Gasteiger partial charge in [-0.3, -0.25) is 0 Å². The maximum Gasteiger partial charge on any atom is 0.337 e. The summed E-state index contributed by atoms with van der Waals surface area (Å²) in [7, 11) is 1.37. The molecule has 17 heavy (non-hydrogen) atoms. The molecule has 1 aromatic carbocycles. The van der Waals surface area contributed by atoms with Gasteiger partial charge in [0.05, 0.1) is 18.4 Å². The first-order valence-corrected chi connectivity index (χ1v) is 6.34. The van der Waals surface area contributed by atoms with Crippen molar-refractivity contribution in [1.82, 2.24) is 0 Å². The van der Waals surface area contributed by atoms with Crippen molar-refractivity contribution in [3.05, 3.63) is 35.4 Å². The van der Waals surface area contributed by atoms with Crippen LogP contribution in [0.3, 0.4) is 0 Å². The van der Waals surface area contributed by atoms with E-state index in [9.17, 15) is 4.79 Å². The van der Waals surface area contributed by atoms with Gasteiger partial charge < -0.3 is 9.57 Å². The number of ether oxygens (including phenoxy) is 1. The third kappa shape index (κ3) is 2.66. The predicted molar refractivity (Wildman–Crippen MR) is 67.6 cm³/mol. The SMILES string of the molecule is COC(=O)c1ccc(C2=NOC(CBr)C2)cc1. The molecule has 0 saturated carbocycles. The number of benzene rings is 1. The fourth-order valence-electron chi connectivity index (χ4n) is 1.60. The van der Waals surface area contributed by atoms with Gasteiger partial charge in [0.15, 0.2) is 0 Å². The first kappa shape index (κ1) is 12.1. The molecule has 90 valence electrons. The van der Waals surface area contributed by atoms with Crippen LogP contribution in [0.15, 0.2) is 29.4 Å². The topological polar surface area (TPSA) is 47.9 Å². The van der Waals surface area contributed by atoms with E-state index in [1.54, 1.807) is 12.1 Å². The van der Waals surface area contributed by atoms with E-state index >= 15 is 0 Å². The Balaban J connectivity index is 2.11. The van der Waals surface area contributed by atoms with E-state index in [1.807, 2.05) is 12.1 Å². The van der Waals surface area contributed by atoms with Crippen molar-refractivity contribution in [1.29, 1.82) is 0 Å². The quantitative estimate of drug-likeness (QED) is 0.636. The molecule has 1 aliphatic heterocycles. The first-order chi connectivity index (χ1) is 8.24. The van der Waals surface area contributed by atoms with Crippen molar-refractivity contribution < 1.29 is 14.4 Å². The summed E-state index contributed by atoms with van der Waals surface area (Å²) in [4.78, 5) is 16.5. The van der Waals surface area contributed by atoms with Gasteiger partial charge in [-0.05, 0) is 17.7 Å². The van der Waals surface area contributed by atoms with Crippen molar-refractivity contribution in [3.63, 3.8) is 0 Å². The number of halogens is 1. The molecule has 0 fully saturated rings. The number of esters is 1. The number of carbonyl (C=O) groups excluding carboxylic acids is 1. The second kappa shape index (κ2) is 5.31. The summed E-state index contributed by atoms with van der Waals surface area (Å²) in [5.74, 6) is -0.334. The fraction of sp³-hybridized carbons (Fsp3) is 0.333. The zero-order chi connectivity index (χ0) is 12.3. The van der Waals surface area contributed by atoms with Crippen molar-refractivity contribution >= 4 is 27.6 Å². The molecule has 0 aromatic heterocycles. The monoisotopic (exact) mass is 297 g/mol. The van der Waals surface area contributed by atoms with Crippen LogP contribution >= 0.6 is 15.9 Å². The van der Waals surface area contributed by atoms with Crippen molar-refractivity contribution in [2.24, 2.45) is 5.16 Å². The predicted octanol–water partition coefficient (Wildman–Crippen LogP) is 2.36. The minimum absolute atomic E-state index is 0.102. The van der Waals surface area contributed by atoms with E-state index in [-0.39, 0.29) is 12.1 Å². The van der Waals surface area contributed by atoms with E-state index in [4.69, 9.17) is 4.84 Å². The molecule has 0 aliphatic carbocycles. The Morgan fingerprint density at radius 1 is 1.53 bits per heavy atom. The maximum absolute atomic E-state index is 11.3. The van der Waals surface area contributed by atoms with Crippen LogP contribution in [0.2, 0.25) is 0 Å².